The van der Waals surface area contributed by atoms with Crippen molar-refractivity contribution in [1.82, 2.24) is 9.97 Å². The van der Waals surface area contributed by atoms with Crippen molar-refractivity contribution in [3.05, 3.63) is 42.4 Å². The number of nitrogens with zero attached hydrogens (tertiary/aromatic N) is 2. The summed E-state index contributed by atoms with van der Waals surface area (Å²) in [6.45, 7) is 5.37. The molecule has 3 rings (SSSR count). The molecule has 194 valence electrons. The molecule has 1 aliphatic rings. The minimum absolute atomic E-state index is 0.823. The molecule has 3 heteroatoms. The van der Waals surface area contributed by atoms with E-state index in [1.165, 1.54) is 103 Å². The van der Waals surface area contributed by atoms with Crippen LogP contribution in [0.1, 0.15) is 122 Å². The molecule has 0 amide bonds. The van der Waals surface area contributed by atoms with Crippen molar-refractivity contribution in [3.8, 4) is 17.0 Å². The quantitative estimate of drug-likeness (QED) is 0.212. The average molecular weight is 479 g/mol. The molecule has 0 spiro atoms. The van der Waals surface area contributed by atoms with Gasteiger partial charge in [-0.15, -0.1) is 0 Å². The number of aromatic nitrogens is 2. The predicted octanol–water partition coefficient (Wildman–Crippen LogP) is 9.59. The first-order valence-corrected chi connectivity index (χ1v) is 14.8. The summed E-state index contributed by atoms with van der Waals surface area (Å²) in [5.41, 5.74) is 3.13. The summed E-state index contributed by atoms with van der Waals surface area (Å²) >= 11 is 0. The third kappa shape index (κ3) is 10.7. The van der Waals surface area contributed by atoms with Crippen LogP contribution in [0.5, 0.6) is 5.75 Å². The Kier molecular flexibility index (Phi) is 13.2. The molecular weight excluding hydrogens is 428 g/mol. The highest BCUT2D eigenvalue weighted by Gasteiger charge is 2.20. The van der Waals surface area contributed by atoms with Gasteiger partial charge in [-0.05, 0) is 61.8 Å². The zero-order valence-electron chi connectivity index (χ0n) is 22.6. The van der Waals surface area contributed by atoms with Crippen LogP contribution in [-0.4, -0.2) is 16.6 Å². The molecule has 1 aromatic carbocycles. The van der Waals surface area contributed by atoms with Crippen LogP contribution in [0.3, 0.4) is 0 Å². The lowest BCUT2D eigenvalue weighted by Crippen LogP contribution is -2.15. The average Bonchev–Trinajstić information content (AvgIpc) is 2.90. The number of rotatable bonds is 17. The molecule has 2 aromatic rings. The number of ether oxygens (including phenoxy) is 1. The van der Waals surface area contributed by atoms with Gasteiger partial charge in [-0.2, -0.15) is 0 Å². The summed E-state index contributed by atoms with van der Waals surface area (Å²) in [6.07, 6.45) is 26.8. The van der Waals surface area contributed by atoms with Gasteiger partial charge >= 0.3 is 0 Å². The van der Waals surface area contributed by atoms with Crippen LogP contribution in [0.2, 0.25) is 0 Å². The number of benzene rings is 1. The number of hydrogen-bond acceptors (Lipinski definition) is 3. The van der Waals surface area contributed by atoms with Crippen LogP contribution in [0.4, 0.5) is 0 Å². The van der Waals surface area contributed by atoms with Crippen LogP contribution in [0.25, 0.3) is 11.3 Å². The van der Waals surface area contributed by atoms with E-state index in [9.17, 15) is 0 Å². The van der Waals surface area contributed by atoms with Gasteiger partial charge in [0.15, 0.2) is 0 Å². The van der Waals surface area contributed by atoms with E-state index in [-0.39, 0.29) is 0 Å². The molecule has 1 saturated carbocycles. The summed E-state index contributed by atoms with van der Waals surface area (Å²) in [5.74, 6) is 2.89. The predicted molar refractivity (Wildman–Crippen MR) is 149 cm³/mol. The van der Waals surface area contributed by atoms with Crippen molar-refractivity contribution in [2.45, 2.75) is 123 Å². The highest BCUT2D eigenvalue weighted by molar-refractivity contribution is 5.58. The van der Waals surface area contributed by atoms with E-state index in [0.29, 0.717) is 0 Å². The van der Waals surface area contributed by atoms with Gasteiger partial charge in [0, 0.05) is 11.8 Å². The zero-order valence-corrected chi connectivity index (χ0v) is 22.6. The van der Waals surface area contributed by atoms with Crippen molar-refractivity contribution in [2.24, 2.45) is 11.8 Å². The van der Waals surface area contributed by atoms with E-state index in [0.717, 1.165) is 47.6 Å². The molecule has 0 aliphatic heterocycles. The first kappa shape index (κ1) is 27.7. The second-order valence-corrected chi connectivity index (χ2v) is 10.8. The molecule has 0 N–H and O–H groups in total. The van der Waals surface area contributed by atoms with E-state index in [2.05, 4.69) is 48.1 Å². The maximum absolute atomic E-state index is 6.04. The summed E-state index contributed by atoms with van der Waals surface area (Å²) in [4.78, 5) is 9.25. The molecule has 1 fully saturated rings. The Morgan fingerprint density at radius 3 is 1.94 bits per heavy atom. The fourth-order valence-electron chi connectivity index (χ4n) is 5.50. The highest BCUT2D eigenvalue weighted by atomic mass is 16.5. The van der Waals surface area contributed by atoms with E-state index in [1.54, 1.807) is 0 Å². The van der Waals surface area contributed by atoms with Gasteiger partial charge < -0.3 is 4.74 Å². The van der Waals surface area contributed by atoms with E-state index in [1.807, 2.05) is 12.4 Å². The SMILES string of the molecule is CCCCCCC[C@H]1CC[C@H](CCCOc2ccc(-c3cnc(CCCCCC)cn3)cc2)CC1. The molecule has 1 heterocycles. The third-order valence-electron chi connectivity index (χ3n) is 7.85. The van der Waals surface area contributed by atoms with Gasteiger partial charge in [-0.3, -0.25) is 9.97 Å². The van der Waals surface area contributed by atoms with Crippen molar-refractivity contribution >= 4 is 0 Å². The van der Waals surface area contributed by atoms with Crippen molar-refractivity contribution in [1.29, 1.82) is 0 Å². The normalized spacial score (nSPS) is 18.0. The Balaban J connectivity index is 1.28. The third-order valence-corrected chi connectivity index (χ3v) is 7.85. The maximum atomic E-state index is 6.04. The van der Waals surface area contributed by atoms with Gasteiger partial charge in [0.25, 0.3) is 0 Å². The maximum Gasteiger partial charge on any atom is 0.119 e. The summed E-state index contributed by atoms with van der Waals surface area (Å²) in [6, 6.07) is 8.34. The Morgan fingerprint density at radius 1 is 0.686 bits per heavy atom. The molecule has 1 aromatic heterocycles. The van der Waals surface area contributed by atoms with Gasteiger partial charge in [-0.1, -0.05) is 97.3 Å². The van der Waals surface area contributed by atoms with Gasteiger partial charge in [0.05, 0.1) is 24.2 Å². The largest absolute Gasteiger partial charge is 0.494 e. The minimum Gasteiger partial charge on any atom is -0.494 e. The second kappa shape index (κ2) is 16.7. The second-order valence-electron chi connectivity index (χ2n) is 10.8. The van der Waals surface area contributed by atoms with E-state index < -0.39 is 0 Å². The standard InChI is InChI=1S/C32H50N2O/c1-3-5-7-9-10-13-27-16-18-28(19-17-27)14-12-24-35-31-22-20-29(21-23-31)32-26-33-30(25-34-32)15-11-8-6-4-2/h20-23,25-28H,3-19,24H2,1-2H3/t27-,28-. The molecule has 35 heavy (non-hydrogen) atoms. The Labute approximate surface area is 215 Å². The van der Waals surface area contributed by atoms with Crippen LogP contribution in [0, 0.1) is 11.8 Å². The van der Waals surface area contributed by atoms with Crippen molar-refractivity contribution in [2.75, 3.05) is 6.61 Å². The lowest BCUT2D eigenvalue weighted by Gasteiger charge is -2.28. The fourth-order valence-corrected chi connectivity index (χ4v) is 5.50. The number of unbranched alkanes of at least 4 members (excludes halogenated alkanes) is 7. The van der Waals surface area contributed by atoms with Crippen molar-refractivity contribution in [3.63, 3.8) is 0 Å². The van der Waals surface area contributed by atoms with Crippen LogP contribution in [-0.2, 0) is 6.42 Å². The lowest BCUT2D eigenvalue weighted by atomic mass is 9.78. The fraction of sp³-hybridized carbons (Fsp3) is 0.688. The minimum atomic E-state index is 0.823. The van der Waals surface area contributed by atoms with E-state index in [4.69, 9.17) is 4.74 Å². The van der Waals surface area contributed by atoms with Gasteiger partial charge in [0.1, 0.15) is 5.75 Å². The Morgan fingerprint density at radius 2 is 1.31 bits per heavy atom. The molecule has 0 radical (unpaired) electrons. The van der Waals surface area contributed by atoms with Crippen LogP contribution >= 0.6 is 0 Å². The summed E-state index contributed by atoms with van der Waals surface area (Å²) < 4.78 is 6.04. The van der Waals surface area contributed by atoms with Crippen LogP contribution in [0.15, 0.2) is 36.7 Å². The van der Waals surface area contributed by atoms with Crippen molar-refractivity contribution < 1.29 is 4.74 Å². The topological polar surface area (TPSA) is 35.0 Å². The lowest BCUT2D eigenvalue weighted by molar-refractivity contribution is 0.228. The first-order chi connectivity index (χ1) is 17.3. The number of aryl methyl sites for hydroxylation is 1. The molecule has 0 atom stereocenters. The molecule has 0 bridgehead atoms. The zero-order chi connectivity index (χ0) is 24.6. The van der Waals surface area contributed by atoms with Gasteiger partial charge in [0.2, 0.25) is 0 Å². The molecule has 0 unspecified atom stereocenters. The van der Waals surface area contributed by atoms with Crippen LogP contribution < -0.4 is 4.74 Å². The Bertz CT molecular complexity index is 778. The number of hydrogen-bond donors (Lipinski definition) is 0. The molecule has 0 saturated heterocycles. The monoisotopic (exact) mass is 478 g/mol. The summed E-state index contributed by atoms with van der Waals surface area (Å²) in [5, 5.41) is 0. The molecule has 3 nitrogen and oxygen atoms in total. The molecule has 1 aliphatic carbocycles. The smallest absolute Gasteiger partial charge is 0.119 e. The van der Waals surface area contributed by atoms with Gasteiger partial charge in [-0.25, -0.2) is 0 Å². The highest BCUT2D eigenvalue weighted by Crippen LogP contribution is 2.34. The van der Waals surface area contributed by atoms with E-state index >= 15 is 0 Å². The summed E-state index contributed by atoms with van der Waals surface area (Å²) in [7, 11) is 0. The Hall–Kier alpha value is -1.90. The molecular formula is C32H50N2O. The first-order valence-electron chi connectivity index (χ1n) is 14.8.